The number of amides is 3. The molecular formula is C33H36N6O5. The summed E-state index contributed by atoms with van der Waals surface area (Å²) in [7, 11) is 0. The number of benzene rings is 3. The lowest BCUT2D eigenvalue weighted by Crippen LogP contribution is -2.34. The number of ether oxygens (including phenoxy) is 1. The lowest BCUT2D eigenvalue weighted by molar-refractivity contribution is -0.135. The van der Waals surface area contributed by atoms with Crippen LogP contribution in [0.5, 0.6) is 0 Å². The number of nitrogens with zero attached hydrogens (tertiary/aromatic N) is 3. The Morgan fingerprint density at radius 3 is 2.59 bits per heavy atom. The van der Waals surface area contributed by atoms with Crippen LogP contribution in [0.15, 0.2) is 79.0 Å². The van der Waals surface area contributed by atoms with E-state index in [0.717, 1.165) is 17.7 Å². The number of hydrogen-bond donors (Lipinski definition) is 4. The summed E-state index contributed by atoms with van der Waals surface area (Å²) in [5, 5.41) is 22.9. The Kier molecular flexibility index (Phi) is 10.5. The SMILES string of the molecule is O=C(CC(CCOCc1ccccc1)C(=O)NCc1cn(CCCC(=O)Nc2ccc3c(c2)Cc2ccccc2-3)nn1)NO. The highest BCUT2D eigenvalue weighted by atomic mass is 16.5. The van der Waals surface area contributed by atoms with Crippen molar-refractivity contribution < 1.29 is 24.3 Å². The molecule has 0 aliphatic heterocycles. The van der Waals surface area contributed by atoms with Crippen LogP contribution in [0.25, 0.3) is 11.1 Å². The van der Waals surface area contributed by atoms with Crippen molar-refractivity contribution in [3.63, 3.8) is 0 Å². The van der Waals surface area contributed by atoms with Crippen LogP contribution < -0.4 is 16.1 Å². The Bertz CT molecular complexity index is 1590. The van der Waals surface area contributed by atoms with Crippen LogP contribution in [0.4, 0.5) is 5.69 Å². The molecule has 1 unspecified atom stereocenters. The van der Waals surface area contributed by atoms with Crippen LogP contribution in [-0.4, -0.2) is 44.5 Å². The van der Waals surface area contributed by atoms with E-state index in [0.29, 0.717) is 38.1 Å². The molecular weight excluding hydrogens is 560 g/mol. The highest BCUT2D eigenvalue weighted by Crippen LogP contribution is 2.37. The fourth-order valence-corrected chi connectivity index (χ4v) is 5.28. The van der Waals surface area contributed by atoms with Crippen LogP contribution >= 0.6 is 0 Å². The van der Waals surface area contributed by atoms with E-state index in [1.807, 2.05) is 54.6 Å². The summed E-state index contributed by atoms with van der Waals surface area (Å²) in [6.45, 7) is 1.29. The van der Waals surface area contributed by atoms with Gasteiger partial charge in [0.25, 0.3) is 0 Å². The van der Waals surface area contributed by atoms with Gasteiger partial charge < -0.3 is 15.4 Å². The molecule has 3 aromatic carbocycles. The summed E-state index contributed by atoms with van der Waals surface area (Å²) in [5.41, 5.74) is 8.92. The van der Waals surface area contributed by atoms with Crippen molar-refractivity contribution in [3.8, 4) is 11.1 Å². The molecule has 1 heterocycles. The van der Waals surface area contributed by atoms with Crippen LogP contribution in [0.3, 0.4) is 0 Å². The van der Waals surface area contributed by atoms with Gasteiger partial charge in [-0.2, -0.15) is 0 Å². The largest absolute Gasteiger partial charge is 0.377 e. The maximum absolute atomic E-state index is 12.8. The Balaban J connectivity index is 1.03. The van der Waals surface area contributed by atoms with Crippen molar-refractivity contribution in [2.75, 3.05) is 11.9 Å². The summed E-state index contributed by atoms with van der Waals surface area (Å²) >= 11 is 0. The second-order valence-electron chi connectivity index (χ2n) is 10.8. The zero-order valence-corrected chi connectivity index (χ0v) is 24.4. The average Bonchev–Trinajstić information content (AvgIpc) is 3.65. The van der Waals surface area contributed by atoms with E-state index in [1.165, 1.54) is 22.3 Å². The Labute approximate surface area is 255 Å². The molecule has 11 heteroatoms. The molecule has 1 atom stereocenters. The third kappa shape index (κ3) is 8.36. The minimum absolute atomic E-state index is 0.0706. The van der Waals surface area contributed by atoms with Crippen molar-refractivity contribution in [1.82, 2.24) is 25.8 Å². The van der Waals surface area contributed by atoms with Gasteiger partial charge in [0.15, 0.2) is 0 Å². The van der Waals surface area contributed by atoms with Crippen LogP contribution in [0, 0.1) is 5.92 Å². The number of carbonyl (C=O) groups is 3. The maximum Gasteiger partial charge on any atom is 0.244 e. The molecule has 228 valence electrons. The zero-order valence-electron chi connectivity index (χ0n) is 24.4. The van der Waals surface area contributed by atoms with Gasteiger partial charge in [0.2, 0.25) is 17.7 Å². The lowest BCUT2D eigenvalue weighted by Gasteiger charge is -2.15. The van der Waals surface area contributed by atoms with E-state index >= 15 is 0 Å². The van der Waals surface area contributed by atoms with E-state index in [2.05, 4.69) is 39.1 Å². The highest BCUT2D eigenvalue weighted by Gasteiger charge is 2.22. The topological polar surface area (TPSA) is 147 Å². The number of hydrogen-bond acceptors (Lipinski definition) is 7. The predicted molar refractivity (Wildman–Crippen MR) is 163 cm³/mol. The summed E-state index contributed by atoms with van der Waals surface area (Å²) < 4.78 is 7.30. The molecule has 0 fully saturated rings. The van der Waals surface area contributed by atoms with E-state index in [9.17, 15) is 14.4 Å². The first kappa shape index (κ1) is 30.6. The van der Waals surface area contributed by atoms with Crippen LogP contribution in [0.2, 0.25) is 0 Å². The molecule has 0 saturated carbocycles. The molecule has 5 rings (SSSR count). The first-order chi connectivity index (χ1) is 21.5. The monoisotopic (exact) mass is 596 g/mol. The number of nitrogens with one attached hydrogen (secondary N) is 3. The molecule has 4 aromatic rings. The number of fused-ring (bicyclic) bond motifs is 3. The number of aromatic nitrogens is 3. The molecule has 0 radical (unpaired) electrons. The quantitative estimate of drug-likeness (QED) is 0.0811. The molecule has 1 aromatic heterocycles. The van der Waals surface area contributed by atoms with Gasteiger partial charge in [0.05, 0.1) is 19.3 Å². The molecule has 44 heavy (non-hydrogen) atoms. The van der Waals surface area contributed by atoms with Crippen molar-refractivity contribution in [2.45, 2.75) is 51.8 Å². The molecule has 0 saturated heterocycles. The average molecular weight is 597 g/mol. The Morgan fingerprint density at radius 2 is 1.75 bits per heavy atom. The maximum atomic E-state index is 12.8. The van der Waals surface area contributed by atoms with Gasteiger partial charge in [0.1, 0.15) is 5.69 Å². The van der Waals surface area contributed by atoms with Gasteiger partial charge in [-0.1, -0.05) is 65.9 Å². The van der Waals surface area contributed by atoms with Gasteiger partial charge in [-0.15, -0.1) is 5.10 Å². The molecule has 11 nitrogen and oxygen atoms in total. The van der Waals surface area contributed by atoms with Gasteiger partial charge in [0, 0.05) is 37.6 Å². The third-order valence-corrected chi connectivity index (χ3v) is 7.55. The highest BCUT2D eigenvalue weighted by molar-refractivity contribution is 5.91. The number of aryl methyl sites for hydroxylation is 1. The van der Waals surface area contributed by atoms with E-state index in [4.69, 9.17) is 9.94 Å². The summed E-state index contributed by atoms with van der Waals surface area (Å²) in [6, 6.07) is 24.1. The van der Waals surface area contributed by atoms with Crippen molar-refractivity contribution >= 4 is 23.4 Å². The minimum atomic E-state index is -0.688. The molecule has 3 amide bonds. The minimum Gasteiger partial charge on any atom is -0.377 e. The van der Waals surface area contributed by atoms with Gasteiger partial charge in [-0.25, -0.2) is 5.48 Å². The first-order valence-corrected chi connectivity index (χ1v) is 14.7. The van der Waals surface area contributed by atoms with Gasteiger partial charge in [-0.05, 0) is 59.2 Å². The second kappa shape index (κ2) is 15.0. The normalized spacial score (nSPS) is 12.2. The smallest absolute Gasteiger partial charge is 0.244 e. The van der Waals surface area contributed by atoms with E-state index in [1.54, 1.807) is 16.4 Å². The molecule has 1 aliphatic carbocycles. The number of carbonyl (C=O) groups excluding carboxylic acids is 3. The second-order valence-corrected chi connectivity index (χ2v) is 10.8. The Hall–Kier alpha value is -4.87. The van der Waals surface area contributed by atoms with Crippen LogP contribution in [-0.2, 0) is 45.2 Å². The third-order valence-electron chi connectivity index (χ3n) is 7.55. The summed E-state index contributed by atoms with van der Waals surface area (Å²) in [5.74, 6) is -1.75. The summed E-state index contributed by atoms with van der Waals surface area (Å²) in [6.07, 6.45) is 3.61. The predicted octanol–water partition coefficient (Wildman–Crippen LogP) is 4.00. The van der Waals surface area contributed by atoms with Crippen LogP contribution in [0.1, 0.15) is 48.1 Å². The molecule has 1 aliphatic rings. The zero-order chi connectivity index (χ0) is 30.7. The van der Waals surface area contributed by atoms with Crippen molar-refractivity contribution in [1.29, 1.82) is 0 Å². The van der Waals surface area contributed by atoms with Gasteiger partial charge in [-0.3, -0.25) is 24.3 Å². The molecule has 4 N–H and O–H groups in total. The number of anilines is 1. The van der Waals surface area contributed by atoms with Gasteiger partial charge >= 0.3 is 0 Å². The van der Waals surface area contributed by atoms with E-state index in [-0.39, 0.29) is 31.4 Å². The lowest BCUT2D eigenvalue weighted by atomic mass is 10.0. The fraction of sp³-hybridized carbons (Fsp3) is 0.303. The first-order valence-electron chi connectivity index (χ1n) is 14.7. The number of hydroxylamine groups is 1. The van der Waals surface area contributed by atoms with E-state index < -0.39 is 11.8 Å². The standard InChI is InChI=1S/C33H36N6O5/c40-31(35-27-12-13-30-26(18-27)17-24-9-4-5-10-29(24)30)11-6-15-39-21-28(36-38-39)20-34-33(42)25(19-32(41)37-43)14-16-44-22-23-7-2-1-3-8-23/h1-5,7-10,12-13,18,21,25,43H,6,11,14-17,19-20,22H2,(H,34,42)(H,35,40)(H,37,41). The number of rotatable bonds is 15. The van der Waals surface area contributed by atoms with Crippen molar-refractivity contribution in [3.05, 3.63) is 101 Å². The molecule has 0 spiro atoms. The Morgan fingerprint density at radius 1 is 0.955 bits per heavy atom. The fourth-order valence-electron chi connectivity index (χ4n) is 5.28. The van der Waals surface area contributed by atoms with Crippen molar-refractivity contribution in [2.24, 2.45) is 5.92 Å². The molecule has 0 bridgehead atoms. The summed E-state index contributed by atoms with van der Waals surface area (Å²) in [4.78, 5) is 37.2.